The molecule has 1 amide bonds. The van der Waals surface area contributed by atoms with Crippen molar-refractivity contribution < 1.29 is 9.53 Å². The smallest absolute Gasteiger partial charge is 0.271 e. The minimum absolute atomic E-state index is 0.120. The summed E-state index contributed by atoms with van der Waals surface area (Å²) in [5, 5.41) is 0.630. The molecule has 1 aliphatic heterocycles. The van der Waals surface area contributed by atoms with Crippen LogP contribution in [0.5, 0.6) is 5.75 Å². The number of fused-ring (bicyclic) bond motifs is 1. The predicted octanol–water partition coefficient (Wildman–Crippen LogP) is 3.63. The van der Waals surface area contributed by atoms with Crippen LogP contribution in [0.3, 0.4) is 0 Å². The van der Waals surface area contributed by atoms with Crippen LogP contribution in [-0.2, 0) is 11.3 Å². The number of benzene rings is 2. The van der Waals surface area contributed by atoms with E-state index in [2.05, 4.69) is 0 Å². The number of ether oxygens (including phenoxy) is 1. The van der Waals surface area contributed by atoms with Gasteiger partial charge < -0.3 is 15.4 Å². The standard InChI is InChI=1S/C17H17ClN2O2/c1-17(2)16(21)20(10-11-5-3-4-6-13(11)18)14-9-12(19)7-8-15(14)22-17/h3-9H,10,19H2,1-2H3. The second-order valence-corrected chi connectivity index (χ2v) is 6.23. The van der Waals surface area contributed by atoms with Gasteiger partial charge in [-0.3, -0.25) is 4.79 Å². The van der Waals surface area contributed by atoms with Crippen molar-refractivity contribution in [1.29, 1.82) is 0 Å². The zero-order valence-corrected chi connectivity index (χ0v) is 13.2. The van der Waals surface area contributed by atoms with E-state index in [1.54, 1.807) is 36.9 Å². The van der Waals surface area contributed by atoms with Crippen molar-refractivity contribution in [3.63, 3.8) is 0 Å². The highest BCUT2D eigenvalue weighted by Crippen LogP contribution is 2.40. The Morgan fingerprint density at radius 2 is 1.95 bits per heavy atom. The molecule has 0 aliphatic carbocycles. The molecule has 0 unspecified atom stereocenters. The van der Waals surface area contributed by atoms with E-state index < -0.39 is 5.60 Å². The van der Waals surface area contributed by atoms with Crippen molar-refractivity contribution in [1.82, 2.24) is 0 Å². The van der Waals surface area contributed by atoms with E-state index in [1.807, 2.05) is 24.3 Å². The lowest BCUT2D eigenvalue weighted by atomic mass is 10.0. The molecule has 0 spiro atoms. The van der Waals surface area contributed by atoms with Gasteiger partial charge in [-0.2, -0.15) is 0 Å². The number of amides is 1. The summed E-state index contributed by atoms with van der Waals surface area (Å²) >= 11 is 6.23. The summed E-state index contributed by atoms with van der Waals surface area (Å²) in [5.74, 6) is 0.524. The maximum Gasteiger partial charge on any atom is 0.271 e. The fourth-order valence-electron chi connectivity index (χ4n) is 2.54. The van der Waals surface area contributed by atoms with E-state index in [0.717, 1.165) is 5.56 Å². The molecule has 1 aliphatic rings. The van der Waals surface area contributed by atoms with E-state index in [1.165, 1.54) is 0 Å². The van der Waals surface area contributed by atoms with Gasteiger partial charge in [-0.1, -0.05) is 29.8 Å². The third-order valence-corrected chi connectivity index (χ3v) is 4.05. The largest absolute Gasteiger partial charge is 0.476 e. The van der Waals surface area contributed by atoms with Gasteiger partial charge in [-0.15, -0.1) is 0 Å². The first kappa shape index (κ1) is 14.7. The highest BCUT2D eigenvalue weighted by Gasteiger charge is 2.41. The van der Waals surface area contributed by atoms with Crippen LogP contribution in [0, 0.1) is 0 Å². The highest BCUT2D eigenvalue weighted by molar-refractivity contribution is 6.31. The summed E-state index contributed by atoms with van der Waals surface area (Å²) in [7, 11) is 0. The fraction of sp³-hybridized carbons (Fsp3) is 0.235. The third-order valence-electron chi connectivity index (χ3n) is 3.69. The van der Waals surface area contributed by atoms with Gasteiger partial charge >= 0.3 is 0 Å². The molecule has 0 fully saturated rings. The third kappa shape index (κ3) is 2.50. The SMILES string of the molecule is CC1(C)Oc2ccc(N)cc2N(Cc2ccccc2Cl)C1=O. The molecule has 0 aromatic heterocycles. The van der Waals surface area contributed by atoms with Crippen molar-refractivity contribution in [2.75, 3.05) is 10.6 Å². The molecule has 4 nitrogen and oxygen atoms in total. The van der Waals surface area contributed by atoms with E-state index in [-0.39, 0.29) is 5.91 Å². The van der Waals surface area contributed by atoms with Crippen molar-refractivity contribution in [3.8, 4) is 5.75 Å². The minimum atomic E-state index is -0.926. The zero-order chi connectivity index (χ0) is 15.9. The number of carbonyl (C=O) groups is 1. The number of halogens is 1. The molecule has 5 heteroatoms. The quantitative estimate of drug-likeness (QED) is 0.861. The van der Waals surface area contributed by atoms with Gasteiger partial charge in [0.1, 0.15) is 5.75 Å². The fourth-order valence-corrected chi connectivity index (χ4v) is 2.73. The Balaban J connectivity index is 2.07. The first-order valence-electron chi connectivity index (χ1n) is 7.02. The van der Waals surface area contributed by atoms with Crippen LogP contribution in [0.25, 0.3) is 0 Å². The van der Waals surface area contributed by atoms with E-state index >= 15 is 0 Å². The van der Waals surface area contributed by atoms with Gasteiger partial charge in [0, 0.05) is 10.7 Å². The average molecular weight is 317 g/mol. The van der Waals surface area contributed by atoms with Crippen molar-refractivity contribution in [2.45, 2.75) is 26.0 Å². The second-order valence-electron chi connectivity index (χ2n) is 5.82. The number of hydrogen-bond acceptors (Lipinski definition) is 3. The van der Waals surface area contributed by atoms with Crippen LogP contribution in [0.2, 0.25) is 5.02 Å². The molecular formula is C17H17ClN2O2. The number of nitrogen functional groups attached to an aromatic ring is 1. The lowest BCUT2D eigenvalue weighted by Gasteiger charge is -2.39. The first-order valence-corrected chi connectivity index (χ1v) is 7.40. The molecule has 2 aromatic rings. The van der Waals surface area contributed by atoms with Crippen LogP contribution in [0.15, 0.2) is 42.5 Å². The Morgan fingerprint density at radius 3 is 2.68 bits per heavy atom. The van der Waals surface area contributed by atoms with Gasteiger partial charge in [0.2, 0.25) is 0 Å². The Labute approximate surface area is 134 Å². The number of carbonyl (C=O) groups excluding carboxylic acids is 1. The lowest BCUT2D eigenvalue weighted by molar-refractivity contribution is -0.132. The molecule has 2 N–H and O–H groups in total. The Morgan fingerprint density at radius 1 is 1.23 bits per heavy atom. The summed E-state index contributed by atoms with van der Waals surface area (Å²) < 4.78 is 5.80. The summed E-state index contributed by atoms with van der Waals surface area (Å²) in [6, 6.07) is 12.8. The maximum absolute atomic E-state index is 12.8. The molecule has 0 saturated heterocycles. The van der Waals surface area contributed by atoms with Crippen molar-refractivity contribution in [2.24, 2.45) is 0 Å². The number of rotatable bonds is 2. The van der Waals surface area contributed by atoms with Gasteiger partial charge in [0.25, 0.3) is 5.91 Å². The van der Waals surface area contributed by atoms with Gasteiger partial charge in [0.15, 0.2) is 5.60 Å². The van der Waals surface area contributed by atoms with E-state index in [0.29, 0.717) is 28.7 Å². The number of nitrogens with two attached hydrogens (primary N) is 1. The van der Waals surface area contributed by atoms with Gasteiger partial charge in [0.05, 0.1) is 12.2 Å². The minimum Gasteiger partial charge on any atom is -0.476 e. The molecule has 0 saturated carbocycles. The molecule has 22 heavy (non-hydrogen) atoms. The van der Waals surface area contributed by atoms with Crippen molar-refractivity contribution in [3.05, 3.63) is 53.1 Å². The first-order chi connectivity index (χ1) is 10.4. The Kier molecular flexibility index (Phi) is 3.49. The molecule has 0 bridgehead atoms. The highest BCUT2D eigenvalue weighted by atomic mass is 35.5. The molecule has 0 radical (unpaired) electrons. The number of anilines is 2. The maximum atomic E-state index is 12.8. The number of nitrogens with zero attached hydrogens (tertiary/aromatic N) is 1. The summed E-state index contributed by atoms with van der Waals surface area (Å²) in [5.41, 5.74) is 7.07. The molecule has 1 heterocycles. The van der Waals surface area contributed by atoms with E-state index in [9.17, 15) is 4.79 Å². The van der Waals surface area contributed by atoms with Crippen LogP contribution < -0.4 is 15.4 Å². The van der Waals surface area contributed by atoms with Gasteiger partial charge in [-0.05, 0) is 43.7 Å². The van der Waals surface area contributed by atoms with Crippen LogP contribution in [-0.4, -0.2) is 11.5 Å². The molecule has 0 atom stereocenters. The molecule has 2 aromatic carbocycles. The van der Waals surface area contributed by atoms with E-state index in [4.69, 9.17) is 22.1 Å². The summed E-state index contributed by atoms with van der Waals surface area (Å²) in [6.45, 7) is 3.89. The Hall–Kier alpha value is -2.20. The van der Waals surface area contributed by atoms with Gasteiger partial charge in [-0.25, -0.2) is 0 Å². The summed E-state index contributed by atoms with van der Waals surface area (Å²) in [4.78, 5) is 14.4. The number of hydrogen-bond donors (Lipinski definition) is 1. The van der Waals surface area contributed by atoms with Crippen LogP contribution in [0.1, 0.15) is 19.4 Å². The summed E-state index contributed by atoms with van der Waals surface area (Å²) in [6.07, 6.45) is 0. The van der Waals surface area contributed by atoms with Crippen molar-refractivity contribution >= 4 is 28.9 Å². The topological polar surface area (TPSA) is 55.6 Å². The molecule has 114 valence electrons. The predicted molar refractivity (Wildman–Crippen MR) is 88.2 cm³/mol. The van der Waals surface area contributed by atoms with Crippen LogP contribution in [0.4, 0.5) is 11.4 Å². The zero-order valence-electron chi connectivity index (χ0n) is 12.5. The molecule has 3 rings (SSSR count). The second kappa shape index (κ2) is 5.21. The lowest BCUT2D eigenvalue weighted by Crippen LogP contribution is -2.52. The monoisotopic (exact) mass is 316 g/mol. The Bertz CT molecular complexity index is 743. The normalized spacial score (nSPS) is 16.1. The average Bonchev–Trinajstić information content (AvgIpc) is 2.46. The van der Waals surface area contributed by atoms with Crippen LogP contribution >= 0.6 is 11.6 Å². The molecular weight excluding hydrogens is 300 g/mol.